The monoisotopic (exact) mass is 195 g/mol. The molecule has 1 aromatic heterocycles. The van der Waals surface area contributed by atoms with Crippen LogP contribution in [0.5, 0.6) is 0 Å². The average Bonchev–Trinajstić information content (AvgIpc) is 2.19. The molecule has 0 fully saturated rings. The van der Waals surface area contributed by atoms with Gasteiger partial charge in [-0.15, -0.1) is 0 Å². The van der Waals surface area contributed by atoms with Crippen LogP contribution in [-0.4, -0.2) is 28.0 Å². The fourth-order valence-corrected chi connectivity index (χ4v) is 1.61. The zero-order valence-electron chi connectivity index (χ0n) is 7.86. The van der Waals surface area contributed by atoms with Crippen molar-refractivity contribution >= 4 is 0 Å². The Hall–Kier alpha value is -1.20. The fraction of sp³-hybridized carbons (Fsp3) is 0.556. The van der Waals surface area contributed by atoms with Gasteiger partial charge in [-0.05, 0) is 5.56 Å². The van der Waals surface area contributed by atoms with Gasteiger partial charge in [-0.3, -0.25) is 4.79 Å². The lowest BCUT2D eigenvalue weighted by Crippen LogP contribution is -2.32. The molecule has 0 spiro atoms. The quantitative estimate of drug-likeness (QED) is 0.627. The van der Waals surface area contributed by atoms with Gasteiger partial charge in [0.05, 0.1) is 18.8 Å². The lowest BCUT2D eigenvalue weighted by Gasteiger charge is -2.16. The van der Waals surface area contributed by atoms with Crippen LogP contribution in [0.2, 0.25) is 0 Å². The van der Waals surface area contributed by atoms with Crippen molar-refractivity contribution in [2.75, 3.05) is 13.2 Å². The Bertz CT molecular complexity index is 386. The zero-order valence-corrected chi connectivity index (χ0v) is 7.86. The van der Waals surface area contributed by atoms with Crippen LogP contribution in [0.25, 0.3) is 0 Å². The SMILES string of the molecule is O=c1cc2c(nn1CCO)CCNC2. The predicted octanol–water partition coefficient (Wildman–Crippen LogP) is -1.12. The molecule has 2 rings (SSSR count). The van der Waals surface area contributed by atoms with E-state index in [2.05, 4.69) is 10.4 Å². The summed E-state index contributed by atoms with van der Waals surface area (Å²) < 4.78 is 1.32. The Morgan fingerprint density at radius 3 is 3.29 bits per heavy atom. The number of hydrogen-bond donors (Lipinski definition) is 2. The van der Waals surface area contributed by atoms with E-state index in [0.29, 0.717) is 0 Å². The van der Waals surface area contributed by atoms with E-state index in [4.69, 9.17) is 5.11 Å². The molecule has 0 saturated heterocycles. The van der Waals surface area contributed by atoms with Gasteiger partial charge in [-0.1, -0.05) is 0 Å². The van der Waals surface area contributed by atoms with Crippen molar-refractivity contribution in [3.63, 3.8) is 0 Å². The van der Waals surface area contributed by atoms with Crippen molar-refractivity contribution in [1.82, 2.24) is 15.1 Å². The van der Waals surface area contributed by atoms with Gasteiger partial charge >= 0.3 is 0 Å². The van der Waals surface area contributed by atoms with E-state index in [-0.39, 0.29) is 18.7 Å². The smallest absolute Gasteiger partial charge is 0.267 e. The fourth-order valence-electron chi connectivity index (χ4n) is 1.61. The Morgan fingerprint density at radius 1 is 1.64 bits per heavy atom. The summed E-state index contributed by atoms with van der Waals surface area (Å²) in [6.07, 6.45) is 0.848. The number of aliphatic hydroxyl groups excluding tert-OH is 1. The van der Waals surface area contributed by atoms with Crippen molar-refractivity contribution in [3.05, 3.63) is 27.7 Å². The summed E-state index contributed by atoms with van der Waals surface area (Å²) in [5, 5.41) is 16.1. The van der Waals surface area contributed by atoms with Crippen LogP contribution in [0.15, 0.2) is 10.9 Å². The maximum Gasteiger partial charge on any atom is 0.267 e. The Balaban J connectivity index is 2.40. The molecule has 0 aliphatic carbocycles. The lowest BCUT2D eigenvalue weighted by atomic mass is 10.1. The molecule has 2 N–H and O–H groups in total. The molecule has 0 radical (unpaired) electrons. The van der Waals surface area contributed by atoms with Crippen molar-refractivity contribution in [2.24, 2.45) is 0 Å². The minimum absolute atomic E-state index is 0.0516. The van der Waals surface area contributed by atoms with Crippen LogP contribution in [0.3, 0.4) is 0 Å². The Labute approximate surface area is 81.4 Å². The highest BCUT2D eigenvalue weighted by Gasteiger charge is 2.12. The Morgan fingerprint density at radius 2 is 2.50 bits per heavy atom. The molecule has 2 heterocycles. The van der Waals surface area contributed by atoms with Gasteiger partial charge < -0.3 is 10.4 Å². The lowest BCUT2D eigenvalue weighted by molar-refractivity contribution is 0.265. The molecule has 1 aromatic rings. The number of nitrogens with zero attached hydrogens (tertiary/aromatic N) is 2. The van der Waals surface area contributed by atoms with E-state index < -0.39 is 0 Å². The molecule has 14 heavy (non-hydrogen) atoms. The summed E-state index contributed by atoms with van der Waals surface area (Å²) in [7, 11) is 0. The summed E-state index contributed by atoms with van der Waals surface area (Å²) in [6.45, 7) is 1.85. The highest BCUT2D eigenvalue weighted by Crippen LogP contribution is 2.07. The van der Waals surface area contributed by atoms with Gasteiger partial charge in [0.25, 0.3) is 5.56 Å². The molecule has 5 nitrogen and oxygen atoms in total. The third-order valence-corrected chi connectivity index (χ3v) is 2.33. The molecule has 1 aliphatic rings. The molecule has 76 valence electrons. The normalized spacial score (nSPS) is 15.2. The second kappa shape index (κ2) is 3.89. The highest BCUT2D eigenvalue weighted by atomic mass is 16.3. The summed E-state index contributed by atoms with van der Waals surface area (Å²) in [5.41, 5.74) is 1.81. The number of aliphatic hydroxyl groups is 1. The van der Waals surface area contributed by atoms with Crippen LogP contribution >= 0.6 is 0 Å². The molecule has 0 amide bonds. The molecule has 0 unspecified atom stereocenters. The van der Waals surface area contributed by atoms with Crippen LogP contribution in [0.1, 0.15) is 11.3 Å². The summed E-state index contributed by atoms with van der Waals surface area (Å²) in [4.78, 5) is 11.4. The van der Waals surface area contributed by atoms with E-state index >= 15 is 0 Å². The topological polar surface area (TPSA) is 67.2 Å². The second-order valence-electron chi connectivity index (χ2n) is 3.33. The minimum atomic E-state index is -0.137. The van der Waals surface area contributed by atoms with Crippen LogP contribution in [-0.2, 0) is 19.5 Å². The maximum atomic E-state index is 11.4. The Kier molecular flexibility index (Phi) is 2.60. The molecular formula is C9H13N3O2. The highest BCUT2D eigenvalue weighted by molar-refractivity contribution is 5.20. The van der Waals surface area contributed by atoms with Crippen molar-refractivity contribution in [1.29, 1.82) is 0 Å². The first-order chi connectivity index (χ1) is 6.81. The number of rotatable bonds is 2. The molecule has 0 saturated carbocycles. The van der Waals surface area contributed by atoms with Crippen molar-refractivity contribution < 1.29 is 5.11 Å². The third-order valence-electron chi connectivity index (χ3n) is 2.33. The molecule has 0 aromatic carbocycles. The van der Waals surface area contributed by atoms with E-state index in [1.807, 2.05) is 0 Å². The van der Waals surface area contributed by atoms with Gasteiger partial charge in [0.2, 0.25) is 0 Å². The first-order valence-electron chi connectivity index (χ1n) is 4.73. The largest absolute Gasteiger partial charge is 0.394 e. The third kappa shape index (κ3) is 1.69. The van der Waals surface area contributed by atoms with Crippen molar-refractivity contribution in [2.45, 2.75) is 19.5 Å². The number of aromatic nitrogens is 2. The molecule has 0 atom stereocenters. The van der Waals surface area contributed by atoms with Gasteiger partial charge in [0.15, 0.2) is 0 Å². The maximum absolute atomic E-state index is 11.4. The average molecular weight is 195 g/mol. The molecule has 0 bridgehead atoms. The minimum Gasteiger partial charge on any atom is -0.394 e. The van der Waals surface area contributed by atoms with Crippen molar-refractivity contribution in [3.8, 4) is 0 Å². The molecule has 5 heteroatoms. The first-order valence-corrected chi connectivity index (χ1v) is 4.73. The van der Waals surface area contributed by atoms with E-state index in [9.17, 15) is 4.79 Å². The number of fused-ring (bicyclic) bond motifs is 1. The summed E-state index contributed by atoms with van der Waals surface area (Å²) in [5.74, 6) is 0. The standard InChI is InChI=1S/C9H13N3O2/c13-4-3-12-9(14)5-7-6-10-2-1-8(7)11-12/h5,10,13H,1-4,6H2. The summed E-state index contributed by atoms with van der Waals surface area (Å²) >= 11 is 0. The van der Waals surface area contributed by atoms with E-state index in [0.717, 1.165) is 30.8 Å². The number of hydrogen-bond acceptors (Lipinski definition) is 4. The first kappa shape index (κ1) is 9.36. The van der Waals surface area contributed by atoms with Gasteiger partial charge in [-0.2, -0.15) is 5.10 Å². The van der Waals surface area contributed by atoms with Crippen LogP contribution in [0, 0.1) is 0 Å². The van der Waals surface area contributed by atoms with E-state index in [1.165, 1.54) is 4.68 Å². The van der Waals surface area contributed by atoms with Crippen LogP contribution < -0.4 is 10.9 Å². The van der Waals surface area contributed by atoms with Gasteiger partial charge in [-0.25, -0.2) is 4.68 Å². The van der Waals surface area contributed by atoms with Crippen LogP contribution in [0.4, 0.5) is 0 Å². The summed E-state index contributed by atoms with van der Waals surface area (Å²) in [6, 6.07) is 1.60. The zero-order chi connectivity index (χ0) is 9.97. The second-order valence-corrected chi connectivity index (χ2v) is 3.33. The molecular weight excluding hydrogens is 182 g/mol. The van der Waals surface area contributed by atoms with Gasteiger partial charge in [0, 0.05) is 25.6 Å². The number of nitrogens with one attached hydrogen (secondary N) is 1. The predicted molar refractivity (Wildman–Crippen MR) is 51.0 cm³/mol. The van der Waals surface area contributed by atoms with E-state index in [1.54, 1.807) is 6.07 Å². The van der Waals surface area contributed by atoms with Gasteiger partial charge in [0.1, 0.15) is 0 Å². The molecule has 1 aliphatic heterocycles.